The van der Waals surface area contributed by atoms with Crippen LogP contribution >= 0.6 is 11.6 Å². The van der Waals surface area contributed by atoms with E-state index >= 15 is 0 Å². The topological polar surface area (TPSA) is 49.5 Å². The highest BCUT2D eigenvalue weighted by atomic mass is 35.5. The number of hydrogen-bond acceptors (Lipinski definition) is 3. The molecule has 3 N–H and O–H groups in total. The lowest BCUT2D eigenvalue weighted by Gasteiger charge is -2.30. The van der Waals surface area contributed by atoms with Gasteiger partial charge >= 0.3 is 0 Å². The van der Waals surface area contributed by atoms with Gasteiger partial charge in [0.05, 0.1) is 12.6 Å². The van der Waals surface area contributed by atoms with Crippen LogP contribution in [-0.4, -0.2) is 29.7 Å². The zero-order valence-electron chi connectivity index (χ0n) is 6.29. The molecular weight excluding hydrogens is 164 g/mol. The van der Waals surface area contributed by atoms with Gasteiger partial charge < -0.3 is 15.7 Å². The fraction of sp³-hybridized carbons (Fsp3) is 0.429. The van der Waals surface area contributed by atoms with Crippen molar-refractivity contribution in [2.75, 3.05) is 13.7 Å². The molecule has 62 valence electrons. The highest BCUT2D eigenvalue weighted by molar-refractivity contribution is 6.29. The zero-order valence-corrected chi connectivity index (χ0v) is 7.04. The molecule has 0 aromatic heterocycles. The van der Waals surface area contributed by atoms with Gasteiger partial charge in [-0.2, -0.15) is 0 Å². The molecule has 3 nitrogen and oxygen atoms in total. The summed E-state index contributed by atoms with van der Waals surface area (Å²) in [7, 11) is 1.79. The molecule has 1 aliphatic rings. The van der Waals surface area contributed by atoms with E-state index in [-0.39, 0.29) is 12.6 Å². The van der Waals surface area contributed by atoms with Crippen molar-refractivity contribution in [3.63, 3.8) is 0 Å². The van der Waals surface area contributed by atoms with Crippen molar-refractivity contribution in [3.8, 4) is 0 Å². The number of rotatable bonds is 1. The average molecular weight is 175 g/mol. The molecule has 0 bridgehead atoms. The Morgan fingerprint density at radius 3 is 2.82 bits per heavy atom. The van der Waals surface area contributed by atoms with Crippen molar-refractivity contribution in [3.05, 3.63) is 23.0 Å². The Labute approximate surface area is 70.7 Å². The number of aliphatic hydroxyl groups is 1. The normalized spacial score (nSPS) is 24.6. The summed E-state index contributed by atoms with van der Waals surface area (Å²) in [4.78, 5) is 1.73. The maximum absolute atomic E-state index is 8.90. The first-order valence-corrected chi connectivity index (χ1v) is 3.71. The van der Waals surface area contributed by atoms with Crippen molar-refractivity contribution in [2.45, 2.75) is 6.04 Å². The highest BCUT2D eigenvalue weighted by Crippen LogP contribution is 2.19. The molecular formula is C7H11ClN2O. The third-order valence-electron chi connectivity index (χ3n) is 1.78. The Hall–Kier alpha value is -0.670. The lowest BCUT2D eigenvalue weighted by atomic mass is 10.1. The standard InChI is InChI=1S/C7H11ClN2O/c1-10-6(4-11)5(9)2-3-7(10)8/h2-3,6,11H,4,9H2,1H3. The first-order valence-electron chi connectivity index (χ1n) is 3.33. The molecule has 0 fully saturated rings. The van der Waals surface area contributed by atoms with Crippen LogP contribution in [0.5, 0.6) is 0 Å². The van der Waals surface area contributed by atoms with Crippen LogP contribution in [0.2, 0.25) is 0 Å². The Bertz CT molecular complexity index is 212. The van der Waals surface area contributed by atoms with E-state index < -0.39 is 0 Å². The summed E-state index contributed by atoms with van der Waals surface area (Å²) in [5, 5.41) is 9.50. The van der Waals surface area contributed by atoms with E-state index in [4.69, 9.17) is 22.4 Å². The van der Waals surface area contributed by atoms with E-state index in [0.717, 1.165) is 0 Å². The van der Waals surface area contributed by atoms with Gasteiger partial charge in [0.1, 0.15) is 5.16 Å². The molecule has 11 heavy (non-hydrogen) atoms. The number of hydrogen-bond donors (Lipinski definition) is 2. The van der Waals surface area contributed by atoms with Crippen LogP contribution in [-0.2, 0) is 0 Å². The Balaban J connectivity index is 2.84. The molecule has 0 amide bonds. The fourth-order valence-corrected chi connectivity index (χ4v) is 1.17. The largest absolute Gasteiger partial charge is 0.400 e. The minimum atomic E-state index is -0.174. The molecule has 1 rings (SSSR count). The van der Waals surface area contributed by atoms with E-state index in [9.17, 15) is 0 Å². The number of nitrogens with zero attached hydrogens (tertiary/aromatic N) is 1. The average Bonchev–Trinajstić information content (AvgIpc) is 1.99. The predicted molar refractivity (Wildman–Crippen MR) is 44.8 cm³/mol. The van der Waals surface area contributed by atoms with Crippen LogP contribution in [0.1, 0.15) is 0 Å². The molecule has 0 saturated heterocycles. The van der Waals surface area contributed by atoms with Crippen LogP contribution < -0.4 is 5.73 Å². The van der Waals surface area contributed by atoms with Crippen molar-refractivity contribution >= 4 is 11.6 Å². The van der Waals surface area contributed by atoms with Gasteiger partial charge in [0, 0.05) is 12.7 Å². The van der Waals surface area contributed by atoms with Crippen molar-refractivity contribution in [1.82, 2.24) is 4.90 Å². The van der Waals surface area contributed by atoms with Crippen LogP contribution in [0.3, 0.4) is 0 Å². The van der Waals surface area contributed by atoms with Gasteiger partial charge in [-0.15, -0.1) is 0 Å². The fourth-order valence-electron chi connectivity index (χ4n) is 0.994. The van der Waals surface area contributed by atoms with Crippen molar-refractivity contribution in [1.29, 1.82) is 0 Å². The quantitative estimate of drug-likeness (QED) is 0.559. The number of allylic oxidation sites excluding steroid dienone is 2. The summed E-state index contributed by atoms with van der Waals surface area (Å²) in [6.07, 6.45) is 3.42. The van der Waals surface area contributed by atoms with Gasteiger partial charge in [0.2, 0.25) is 0 Å². The van der Waals surface area contributed by atoms with Gasteiger partial charge in [-0.25, -0.2) is 0 Å². The minimum Gasteiger partial charge on any atom is -0.400 e. The molecule has 1 aliphatic heterocycles. The molecule has 0 radical (unpaired) electrons. The molecule has 0 saturated carbocycles. The van der Waals surface area contributed by atoms with Crippen LogP contribution in [0.25, 0.3) is 0 Å². The molecule has 1 heterocycles. The zero-order chi connectivity index (χ0) is 8.43. The highest BCUT2D eigenvalue weighted by Gasteiger charge is 2.19. The molecule has 1 atom stereocenters. The van der Waals surface area contributed by atoms with E-state index in [1.165, 1.54) is 0 Å². The minimum absolute atomic E-state index is 0.0110. The monoisotopic (exact) mass is 174 g/mol. The smallest absolute Gasteiger partial charge is 0.105 e. The second kappa shape index (κ2) is 3.15. The molecule has 1 unspecified atom stereocenters. The Morgan fingerprint density at radius 1 is 1.73 bits per heavy atom. The first-order chi connectivity index (χ1) is 5.16. The van der Waals surface area contributed by atoms with E-state index in [1.54, 1.807) is 24.1 Å². The van der Waals surface area contributed by atoms with Gasteiger partial charge in [-0.05, 0) is 12.2 Å². The summed E-state index contributed by atoms with van der Waals surface area (Å²) in [5.41, 5.74) is 6.24. The van der Waals surface area contributed by atoms with E-state index in [1.807, 2.05) is 0 Å². The first kappa shape index (κ1) is 8.43. The number of likely N-dealkylation sites (N-methyl/N-ethyl adjacent to an activating group) is 1. The van der Waals surface area contributed by atoms with Crippen LogP contribution in [0, 0.1) is 0 Å². The van der Waals surface area contributed by atoms with E-state index in [2.05, 4.69) is 0 Å². The van der Waals surface area contributed by atoms with E-state index in [0.29, 0.717) is 10.9 Å². The number of halogens is 1. The Kier molecular flexibility index (Phi) is 2.42. The second-order valence-corrected chi connectivity index (χ2v) is 2.85. The van der Waals surface area contributed by atoms with Gasteiger partial charge in [0.25, 0.3) is 0 Å². The third kappa shape index (κ3) is 1.49. The lowest BCUT2D eigenvalue weighted by molar-refractivity contribution is 0.199. The SMILES string of the molecule is CN1C(Cl)=CC=C(N)C1CO. The number of aliphatic hydroxyl groups excluding tert-OH is 1. The van der Waals surface area contributed by atoms with Crippen molar-refractivity contribution in [2.24, 2.45) is 5.73 Å². The molecule has 4 heteroatoms. The molecule has 0 aliphatic carbocycles. The van der Waals surface area contributed by atoms with Crippen LogP contribution in [0.4, 0.5) is 0 Å². The summed E-state index contributed by atoms with van der Waals surface area (Å²) in [6.45, 7) is -0.0110. The van der Waals surface area contributed by atoms with Crippen LogP contribution in [0.15, 0.2) is 23.0 Å². The van der Waals surface area contributed by atoms with Gasteiger partial charge in [-0.3, -0.25) is 0 Å². The maximum atomic E-state index is 8.90. The van der Waals surface area contributed by atoms with Gasteiger partial charge in [0.15, 0.2) is 0 Å². The Morgan fingerprint density at radius 2 is 2.36 bits per heavy atom. The summed E-state index contributed by atoms with van der Waals surface area (Å²) >= 11 is 5.78. The summed E-state index contributed by atoms with van der Waals surface area (Å²) < 4.78 is 0. The molecule has 0 aromatic carbocycles. The molecule has 0 aromatic rings. The maximum Gasteiger partial charge on any atom is 0.105 e. The lowest BCUT2D eigenvalue weighted by Crippen LogP contribution is -2.39. The predicted octanol–water partition coefficient (Wildman–Crippen LogP) is 0.216. The second-order valence-electron chi connectivity index (χ2n) is 2.47. The number of nitrogens with two attached hydrogens (primary N) is 1. The summed E-state index contributed by atoms with van der Waals surface area (Å²) in [6, 6.07) is -0.174. The third-order valence-corrected chi connectivity index (χ3v) is 2.17. The molecule has 0 spiro atoms. The van der Waals surface area contributed by atoms with Crippen molar-refractivity contribution < 1.29 is 5.11 Å². The van der Waals surface area contributed by atoms with Gasteiger partial charge in [-0.1, -0.05) is 11.6 Å². The summed E-state index contributed by atoms with van der Waals surface area (Å²) in [5.74, 6) is 0.